The summed E-state index contributed by atoms with van der Waals surface area (Å²) in [6.07, 6.45) is 5.87. The Morgan fingerprint density at radius 2 is 1.21 bits per heavy atom. The van der Waals surface area contributed by atoms with Crippen molar-refractivity contribution in [2.24, 2.45) is 0 Å². The second kappa shape index (κ2) is 7.25. The largest absolute Gasteiger partial charge is 0.495 e. The van der Waals surface area contributed by atoms with Crippen LogP contribution < -0.4 is 9.47 Å². The van der Waals surface area contributed by atoms with Crippen LogP contribution in [0.4, 0.5) is 0 Å². The zero-order chi connectivity index (χ0) is 17.2. The van der Waals surface area contributed by atoms with Crippen molar-refractivity contribution in [2.45, 2.75) is 37.5 Å². The van der Waals surface area contributed by atoms with Crippen LogP contribution in [-0.2, 0) is 5.41 Å². The molecule has 3 rings (SSSR count). The van der Waals surface area contributed by atoms with Gasteiger partial charge < -0.3 is 9.47 Å². The highest BCUT2D eigenvalue weighted by molar-refractivity contribution is 6.32. The molecule has 2 nitrogen and oxygen atoms in total. The summed E-state index contributed by atoms with van der Waals surface area (Å²) in [6, 6.07) is 12.3. The van der Waals surface area contributed by atoms with Gasteiger partial charge in [0.1, 0.15) is 11.5 Å². The van der Waals surface area contributed by atoms with E-state index in [-0.39, 0.29) is 5.41 Å². The van der Waals surface area contributed by atoms with Crippen molar-refractivity contribution in [3.8, 4) is 11.5 Å². The maximum atomic E-state index is 6.41. The van der Waals surface area contributed by atoms with Crippen LogP contribution in [0.1, 0.15) is 43.2 Å². The Morgan fingerprint density at radius 3 is 1.58 bits per heavy atom. The summed E-state index contributed by atoms with van der Waals surface area (Å²) >= 11 is 12.8. The molecule has 2 aromatic carbocycles. The quantitative estimate of drug-likeness (QED) is 0.637. The van der Waals surface area contributed by atoms with Crippen LogP contribution in [-0.4, -0.2) is 14.2 Å². The van der Waals surface area contributed by atoms with Gasteiger partial charge in [-0.05, 0) is 48.2 Å². The standard InChI is InChI=1S/C20H22Cl2O2/c1-23-18-8-6-14(12-16(18)21)20(10-4-3-5-11-20)15-7-9-19(24-2)17(22)13-15/h6-9,12-13H,3-5,10-11H2,1-2H3. The number of halogens is 2. The van der Waals surface area contributed by atoms with Gasteiger partial charge in [-0.15, -0.1) is 0 Å². The number of rotatable bonds is 4. The van der Waals surface area contributed by atoms with Crippen LogP contribution in [0.3, 0.4) is 0 Å². The second-order valence-corrected chi connectivity index (χ2v) is 7.16. The lowest BCUT2D eigenvalue weighted by Crippen LogP contribution is -2.30. The van der Waals surface area contributed by atoms with E-state index in [0.717, 1.165) is 12.8 Å². The third-order valence-electron chi connectivity index (χ3n) is 5.12. The molecule has 1 aliphatic carbocycles. The molecule has 0 N–H and O–H groups in total. The SMILES string of the molecule is COc1ccc(C2(c3ccc(OC)c(Cl)c3)CCCCC2)cc1Cl. The molecule has 1 fully saturated rings. The molecule has 24 heavy (non-hydrogen) atoms. The van der Waals surface area contributed by atoms with Gasteiger partial charge in [0, 0.05) is 5.41 Å². The second-order valence-electron chi connectivity index (χ2n) is 6.34. The topological polar surface area (TPSA) is 18.5 Å². The van der Waals surface area contributed by atoms with Gasteiger partial charge in [0.15, 0.2) is 0 Å². The monoisotopic (exact) mass is 364 g/mol. The first-order chi connectivity index (χ1) is 11.6. The summed E-state index contributed by atoms with van der Waals surface area (Å²) in [5.41, 5.74) is 2.41. The van der Waals surface area contributed by atoms with Crippen LogP contribution in [0.15, 0.2) is 36.4 Å². The van der Waals surface area contributed by atoms with Gasteiger partial charge in [-0.25, -0.2) is 0 Å². The highest BCUT2D eigenvalue weighted by Crippen LogP contribution is 2.47. The number of hydrogen-bond donors (Lipinski definition) is 0. The Morgan fingerprint density at radius 1 is 0.750 bits per heavy atom. The normalized spacial score (nSPS) is 16.7. The zero-order valence-electron chi connectivity index (χ0n) is 14.1. The number of ether oxygens (including phenoxy) is 2. The summed E-state index contributed by atoms with van der Waals surface area (Å²) in [7, 11) is 3.28. The van der Waals surface area contributed by atoms with Crippen molar-refractivity contribution in [1.82, 2.24) is 0 Å². The average molecular weight is 365 g/mol. The summed E-state index contributed by atoms with van der Waals surface area (Å²) in [4.78, 5) is 0. The summed E-state index contributed by atoms with van der Waals surface area (Å²) in [5.74, 6) is 1.42. The minimum atomic E-state index is -0.0515. The highest BCUT2D eigenvalue weighted by Gasteiger charge is 2.36. The van der Waals surface area contributed by atoms with Crippen molar-refractivity contribution in [2.75, 3.05) is 14.2 Å². The van der Waals surface area contributed by atoms with Gasteiger partial charge in [-0.3, -0.25) is 0 Å². The molecule has 0 aliphatic heterocycles. The molecular formula is C20H22Cl2O2. The van der Waals surface area contributed by atoms with E-state index in [9.17, 15) is 0 Å². The van der Waals surface area contributed by atoms with E-state index in [0.29, 0.717) is 21.5 Å². The minimum absolute atomic E-state index is 0.0515. The van der Waals surface area contributed by atoms with Crippen LogP contribution in [0.2, 0.25) is 10.0 Å². The molecule has 0 radical (unpaired) electrons. The summed E-state index contributed by atoms with van der Waals surface area (Å²) in [6.45, 7) is 0. The van der Waals surface area contributed by atoms with Gasteiger partial charge in [-0.1, -0.05) is 54.6 Å². The zero-order valence-corrected chi connectivity index (χ0v) is 15.6. The Balaban J connectivity index is 2.11. The summed E-state index contributed by atoms with van der Waals surface area (Å²) in [5, 5.41) is 1.30. The van der Waals surface area contributed by atoms with Gasteiger partial charge >= 0.3 is 0 Å². The van der Waals surface area contributed by atoms with Crippen LogP contribution >= 0.6 is 23.2 Å². The van der Waals surface area contributed by atoms with E-state index in [2.05, 4.69) is 12.1 Å². The van der Waals surface area contributed by atoms with Crippen molar-refractivity contribution >= 4 is 23.2 Å². The Hall–Kier alpha value is -1.38. The van der Waals surface area contributed by atoms with Gasteiger partial charge in [0.2, 0.25) is 0 Å². The molecule has 0 atom stereocenters. The molecule has 0 spiro atoms. The Bertz CT molecular complexity index is 666. The fourth-order valence-electron chi connectivity index (χ4n) is 3.83. The van der Waals surface area contributed by atoms with E-state index >= 15 is 0 Å². The van der Waals surface area contributed by atoms with Crippen LogP contribution in [0.25, 0.3) is 0 Å². The first kappa shape index (κ1) is 17.4. The Kier molecular flexibility index (Phi) is 5.27. The highest BCUT2D eigenvalue weighted by atomic mass is 35.5. The predicted octanol–water partition coefficient (Wildman–Crippen LogP) is 6.26. The molecule has 4 heteroatoms. The first-order valence-corrected chi connectivity index (χ1v) is 9.04. The Labute approximate surface area is 153 Å². The number of methoxy groups -OCH3 is 2. The molecule has 0 bridgehead atoms. The third kappa shape index (κ3) is 3.10. The predicted molar refractivity (Wildman–Crippen MR) is 99.9 cm³/mol. The van der Waals surface area contributed by atoms with Gasteiger partial charge in [-0.2, -0.15) is 0 Å². The minimum Gasteiger partial charge on any atom is -0.495 e. The average Bonchev–Trinajstić information content (AvgIpc) is 2.62. The van der Waals surface area contributed by atoms with Crippen molar-refractivity contribution < 1.29 is 9.47 Å². The molecule has 0 amide bonds. The molecule has 128 valence electrons. The maximum Gasteiger partial charge on any atom is 0.137 e. The smallest absolute Gasteiger partial charge is 0.137 e. The number of benzene rings is 2. The van der Waals surface area contributed by atoms with Crippen molar-refractivity contribution in [3.63, 3.8) is 0 Å². The van der Waals surface area contributed by atoms with Crippen molar-refractivity contribution in [1.29, 1.82) is 0 Å². The molecule has 0 saturated heterocycles. The lowest BCUT2D eigenvalue weighted by Gasteiger charge is -2.39. The fourth-order valence-corrected chi connectivity index (χ4v) is 4.34. The van der Waals surface area contributed by atoms with Crippen LogP contribution in [0.5, 0.6) is 11.5 Å². The van der Waals surface area contributed by atoms with E-state index in [4.69, 9.17) is 32.7 Å². The van der Waals surface area contributed by atoms with E-state index in [1.807, 2.05) is 24.3 Å². The molecule has 1 aliphatic rings. The molecule has 0 heterocycles. The first-order valence-electron chi connectivity index (χ1n) is 8.29. The molecule has 2 aromatic rings. The van der Waals surface area contributed by atoms with E-state index in [1.54, 1.807) is 14.2 Å². The molecule has 0 aromatic heterocycles. The van der Waals surface area contributed by atoms with Gasteiger partial charge in [0.25, 0.3) is 0 Å². The molecular weight excluding hydrogens is 343 g/mol. The lowest BCUT2D eigenvalue weighted by atomic mass is 9.65. The molecule has 0 unspecified atom stereocenters. The van der Waals surface area contributed by atoms with Gasteiger partial charge in [0.05, 0.1) is 24.3 Å². The van der Waals surface area contributed by atoms with E-state index in [1.165, 1.54) is 30.4 Å². The number of hydrogen-bond acceptors (Lipinski definition) is 2. The van der Waals surface area contributed by atoms with Crippen LogP contribution in [0, 0.1) is 0 Å². The summed E-state index contributed by atoms with van der Waals surface area (Å²) < 4.78 is 10.6. The lowest BCUT2D eigenvalue weighted by molar-refractivity contribution is 0.344. The van der Waals surface area contributed by atoms with Crippen molar-refractivity contribution in [3.05, 3.63) is 57.6 Å². The van der Waals surface area contributed by atoms with E-state index < -0.39 is 0 Å². The molecule has 1 saturated carbocycles. The third-order valence-corrected chi connectivity index (χ3v) is 5.71. The fraction of sp³-hybridized carbons (Fsp3) is 0.400. The maximum absolute atomic E-state index is 6.41.